The van der Waals surface area contributed by atoms with Crippen molar-refractivity contribution in [3.63, 3.8) is 0 Å². The summed E-state index contributed by atoms with van der Waals surface area (Å²) in [5.41, 5.74) is 1.22. The summed E-state index contributed by atoms with van der Waals surface area (Å²) in [4.78, 5) is 18.3. The van der Waals surface area contributed by atoms with Gasteiger partial charge in [-0.25, -0.2) is 9.78 Å². The summed E-state index contributed by atoms with van der Waals surface area (Å²) in [6, 6.07) is 1.82. The summed E-state index contributed by atoms with van der Waals surface area (Å²) in [7, 11) is 0. The minimum Gasteiger partial charge on any atom is -0.304 e. The Bertz CT molecular complexity index is 540. The zero-order chi connectivity index (χ0) is 10.1. The predicted molar refractivity (Wildman–Crippen MR) is 58.3 cm³/mol. The number of nitrogens with zero attached hydrogens (tertiary/aromatic N) is 2. The lowest BCUT2D eigenvalue weighted by molar-refractivity contribution is 0.799. The molecule has 0 aromatic carbocycles. The first-order chi connectivity index (χ1) is 6.72. The normalized spacial score (nSPS) is 10.6. The van der Waals surface area contributed by atoms with Crippen LogP contribution in [-0.4, -0.2) is 14.5 Å². The largest absolute Gasteiger partial charge is 0.327 e. The van der Waals surface area contributed by atoms with E-state index in [-0.39, 0.29) is 5.69 Å². The standard InChI is InChI=1S/C9H8BrN3O/c1-2-3-13-8-7(12-9(13)14)4-6(10)5-11-8/h2,4-5H,1,3H2,(H,12,14). The number of pyridine rings is 1. The molecular weight excluding hydrogens is 246 g/mol. The van der Waals surface area contributed by atoms with Crippen molar-refractivity contribution in [2.75, 3.05) is 0 Å². The van der Waals surface area contributed by atoms with E-state index < -0.39 is 0 Å². The molecule has 0 atom stereocenters. The third kappa shape index (κ3) is 1.39. The van der Waals surface area contributed by atoms with E-state index in [2.05, 4.69) is 32.5 Å². The quantitative estimate of drug-likeness (QED) is 0.829. The van der Waals surface area contributed by atoms with Crippen molar-refractivity contribution in [1.82, 2.24) is 14.5 Å². The molecule has 2 aromatic rings. The first-order valence-corrected chi connectivity index (χ1v) is 4.86. The van der Waals surface area contributed by atoms with Crippen LogP contribution in [0.5, 0.6) is 0 Å². The van der Waals surface area contributed by atoms with Crippen molar-refractivity contribution in [3.8, 4) is 0 Å². The van der Waals surface area contributed by atoms with E-state index in [9.17, 15) is 4.79 Å². The van der Waals surface area contributed by atoms with Crippen LogP contribution in [0.1, 0.15) is 0 Å². The monoisotopic (exact) mass is 253 g/mol. The number of aromatic nitrogens is 3. The summed E-state index contributed by atoms with van der Waals surface area (Å²) >= 11 is 3.29. The second-order valence-corrected chi connectivity index (χ2v) is 3.77. The van der Waals surface area contributed by atoms with Gasteiger partial charge in [0.1, 0.15) is 0 Å². The van der Waals surface area contributed by atoms with Crippen molar-refractivity contribution in [2.45, 2.75) is 6.54 Å². The molecule has 0 unspecified atom stereocenters. The van der Waals surface area contributed by atoms with Crippen LogP contribution >= 0.6 is 15.9 Å². The van der Waals surface area contributed by atoms with Gasteiger partial charge in [-0.15, -0.1) is 6.58 Å². The summed E-state index contributed by atoms with van der Waals surface area (Å²) in [5, 5.41) is 0. The Kier molecular flexibility index (Phi) is 2.25. The van der Waals surface area contributed by atoms with Crippen LogP contribution < -0.4 is 5.69 Å². The van der Waals surface area contributed by atoms with Gasteiger partial charge in [-0.2, -0.15) is 0 Å². The predicted octanol–water partition coefficient (Wildman–Crippen LogP) is 1.67. The average molecular weight is 254 g/mol. The molecule has 0 saturated heterocycles. The number of hydrogen-bond acceptors (Lipinski definition) is 2. The van der Waals surface area contributed by atoms with E-state index in [0.717, 1.165) is 9.99 Å². The molecule has 72 valence electrons. The first kappa shape index (κ1) is 9.21. The van der Waals surface area contributed by atoms with Crippen LogP contribution in [0.3, 0.4) is 0 Å². The summed E-state index contributed by atoms with van der Waals surface area (Å²) in [6.45, 7) is 4.06. The molecule has 2 aromatic heterocycles. The Morgan fingerprint density at radius 3 is 3.21 bits per heavy atom. The molecule has 4 nitrogen and oxygen atoms in total. The van der Waals surface area contributed by atoms with Crippen LogP contribution in [0.4, 0.5) is 0 Å². The van der Waals surface area contributed by atoms with Gasteiger partial charge in [0.05, 0.1) is 5.52 Å². The topological polar surface area (TPSA) is 50.7 Å². The minimum atomic E-state index is -0.162. The maximum Gasteiger partial charge on any atom is 0.327 e. The lowest BCUT2D eigenvalue weighted by atomic mass is 10.4. The van der Waals surface area contributed by atoms with Gasteiger partial charge < -0.3 is 4.98 Å². The Hall–Kier alpha value is -1.36. The van der Waals surface area contributed by atoms with E-state index >= 15 is 0 Å². The van der Waals surface area contributed by atoms with Gasteiger partial charge in [0.25, 0.3) is 0 Å². The SMILES string of the molecule is C=CCn1c(=O)[nH]c2cc(Br)cnc21. The number of fused-ring (bicyclic) bond motifs is 1. The second-order valence-electron chi connectivity index (χ2n) is 2.85. The highest BCUT2D eigenvalue weighted by Crippen LogP contribution is 2.13. The van der Waals surface area contributed by atoms with Crippen molar-refractivity contribution in [1.29, 1.82) is 0 Å². The summed E-state index contributed by atoms with van der Waals surface area (Å²) in [5.74, 6) is 0. The molecule has 1 N–H and O–H groups in total. The smallest absolute Gasteiger partial charge is 0.304 e. The number of allylic oxidation sites excluding steroid dienone is 1. The Morgan fingerprint density at radius 2 is 2.50 bits per heavy atom. The Balaban J connectivity index is 2.76. The van der Waals surface area contributed by atoms with Crippen molar-refractivity contribution < 1.29 is 0 Å². The summed E-state index contributed by atoms with van der Waals surface area (Å²) in [6.07, 6.45) is 3.33. The highest BCUT2D eigenvalue weighted by Gasteiger charge is 2.06. The molecular formula is C9H8BrN3O. The number of aromatic amines is 1. The lowest BCUT2D eigenvalue weighted by Gasteiger charge is -1.96. The number of nitrogens with one attached hydrogen (secondary N) is 1. The van der Waals surface area contributed by atoms with Crippen molar-refractivity contribution in [2.24, 2.45) is 0 Å². The van der Waals surface area contributed by atoms with Crippen LogP contribution in [0.2, 0.25) is 0 Å². The first-order valence-electron chi connectivity index (χ1n) is 4.07. The van der Waals surface area contributed by atoms with Gasteiger partial charge in [0.15, 0.2) is 5.65 Å². The molecule has 0 aliphatic rings. The number of halogens is 1. The minimum absolute atomic E-state index is 0.162. The van der Waals surface area contributed by atoms with Crippen LogP contribution in [0.15, 0.2) is 34.2 Å². The fourth-order valence-electron chi connectivity index (χ4n) is 1.32. The molecule has 0 bridgehead atoms. The van der Waals surface area contributed by atoms with Crippen LogP contribution in [-0.2, 0) is 6.54 Å². The highest BCUT2D eigenvalue weighted by molar-refractivity contribution is 9.10. The molecule has 0 spiro atoms. The third-order valence-electron chi connectivity index (χ3n) is 1.89. The van der Waals surface area contributed by atoms with Gasteiger partial charge >= 0.3 is 5.69 Å². The second kappa shape index (κ2) is 3.42. The number of imidazole rings is 1. The molecule has 0 fully saturated rings. The van der Waals surface area contributed by atoms with E-state index in [1.165, 1.54) is 4.57 Å². The van der Waals surface area contributed by atoms with E-state index in [1.807, 2.05) is 6.07 Å². The van der Waals surface area contributed by atoms with Crippen LogP contribution in [0.25, 0.3) is 11.2 Å². The molecule has 0 amide bonds. The van der Waals surface area contributed by atoms with Gasteiger partial charge in [0.2, 0.25) is 0 Å². The highest BCUT2D eigenvalue weighted by atomic mass is 79.9. The zero-order valence-corrected chi connectivity index (χ0v) is 8.91. The molecule has 2 rings (SSSR count). The maximum absolute atomic E-state index is 11.4. The van der Waals surface area contributed by atoms with Gasteiger partial charge in [-0.05, 0) is 22.0 Å². The number of hydrogen-bond donors (Lipinski definition) is 1. The molecule has 0 saturated carbocycles. The fraction of sp³-hybridized carbons (Fsp3) is 0.111. The summed E-state index contributed by atoms with van der Waals surface area (Å²) < 4.78 is 2.38. The number of rotatable bonds is 2. The third-order valence-corrected chi connectivity index (χ3v) is 2.32. The van der Waals surface area contributed by atoms with E-state index in [4.69, 9.17) is 0 Å². The maximum atomic E-state index is 11.4. The van der Waals surface area contributed by atoms with Crippen LogP contribution in [0, 0.1) is 0 Å². The van der Waals surface area contributed by atoms with Crippen molar-refractivity contribution in [3.05, 3.63) is 39.9 Å². The van der Waals surface area contributed by atoms with E-state index in [1.54, 1.807) is 12.3 Å². The molecule has 0 aliphatic heterocycles. The van der Waals surface area contributed by atoms with Gasteiger partial charge in [-0.3, -0.25) is 4.57 Å². The Morgan fingerprint density at radius 1 is 1.71 bits per heavy atom. The Labute approximate surface area is 88.4 Å². The molecule has 0 radical (unpaired) electrons. The molecule has 2 heterocycles. The van der Waals surface area contributed by atoms with E-state index in [0.29, 0.717) is 12.2 Å². The molecule has 14 heavy (non-hydrogen) atoms. The fourth-order valence-corrected chi connectivity index (χ4v) is 1.65. The number of H-pyrrole nitrogens is 1. The van der Waals surface area contributed by atoms with Gasteiger partial charge in [-0.1, -0.05) is 6.08 Å². The molecule has 5 heteroatoms. The average Bonchev–Trinajstić information content (AvgIpc) is 2.43. The zero-order valence-electron chi connectivity index (χ0n) is 7.33. The van der Waals surface area contributed by atoms with Crippen molar-refractivity contribution >= 4 is 27.1 Å². The molecule has 0 aliphatic carbocycles. The van der Waals surface area contributed by atoms with Gasteiger partial charge in [0, 0.05) is 17.2 Å². The lowest BCUT2D eigenvalue weighted by Crippen LogP contribution is -2.15.